The van der Waals surface area contributed by atoms with Crippen molar-refractivity contribution in [3.63, 3.8) is 0 Å². The van der Waals surface area contributed by atoms with Gasteiger partial charge in [0, 0.05) is 18.9 Å². The molecule has 0 radical (unpaired) electrons. The fourth-order valence-corrected chi connectivity index (χ4v) is 1.68. The number of hydrogen-bond donors (Lipinski definition) is 1. The fourth-order valence-electron chi connectivity index (χ4n) is 1.43. The van der Waals surface area contributed by atoms with Gasteiger partial charge in [-0.15, -0.1) is 12.4 Å². The van der Waals surface area contributed by atoms with Crippen LogP contribution in [0.25, 0.3) is 0 Å². The van der Waals surface area contributed by atoms with Crippen LogP contribution >= 0.6 is 24.0 Å². The van der Waals surface area contributed by atoms with Gasteiger partial charge in [-0.3, -0.25) is 4.98 Å². The number of ether oxygens (including phenoxy) is 1. The highest BCUT2D eigenvalue weighted by atomic mass is 35.5. The first-order valence-electron chi connectivity index (χ1n) is 4.28. The Morgan fingerprint density at radius 2 is 2.43 bits per heavy atom. The van der Waals surface area contributed by atoms with Gasteiger partial charge in [0.15, 0.2) is 0 Å². The van der Waals surface area contributed by atoms with E-state index in [0.29, 0.717) is 11.6 Å². The van der Waals surface area contributed by atoms with E-state index >= 15 is 0 Å². The third kappa shape index (κ3) is 2.58. The van der Waals surface area contributed by atoms with Gasteiger partial charge in [-0.25, -0.2) is 0 Å². The second kappa shape index (κ2) is 5.51. The summed E-state index contributed by atoms with van der Waals surface area (Å²) in [5.41, 5.74) is 1.07. The molecule has 1 saturated heterocycles. The number of pyridine rings is 1. The second-order valence-corrected chi connectivity index (χ2v) is 3.39. The Morgan fingerprint density at radius 3 is 3.07 bits per heavy atom. The van der Waals surface area contributed by atoms with Gasteiger partial charge in [0.2, 0.25) is 0 Å². The van der Waals surface area contributed by atoms with Crippen molar-refractivity contribution in [2.75, 3.05) is 19.8 Å². The van der Waals surface area contributed by atoms with Crippen LogP contribution in [0.15, 0.2) is 18.5 Å². The zero-order valence-electron chi connectivity index (χ0n) is 7.57. The first-order chi connectivity index (χ1) is 6.38. The van der Waals surface area contributed by atoms with Crippen LogP contribution in [0.1, 0.15) is 11.6 Å². The molecule has 0 spiro atoms. The molecule has 5 heteroatoms. The van der Waals surface area contributed by atoms with Crippen LogP contribution in [0, 0.1) is 0 Å². The van der Waals surface area contributed by atoms with Crippen molar-refractivity contribution in [1.82, 2.24) is 10.3 Å². The maximum absolute atomic E-state index is 6.00. The van der Waals surface area contributed by atoms with Gasteiger partial charge in [0.25, 0.3) is 0 Å². The minimum Gasteiger partial charge on any atom is -0.378 e. The molecule has 2 heterocycles. The molecule has 14 heavy (non-hydrogen) atoms. The number of morpholine rings is 1. The van der Waals surface area contributed by atoms with Gasteiger partial charge < -0.3 is 10.1 Å². The number of aromatic nitrogens is 1. The maximum atomic E-state index is 6.00. The number of nitrogens with one attached hydrogen (secondary N) is 1. The average molecular weight is 235 g/mol. The molecular formula is C9H12Cl2N2O. The molecule has 0 aromatic carbocycles. The van der Waals surface area contributed by atoms with Gasteiger partial charge >= 0.3 is 0 Å². The quantitative estimate of drug-likeness (QED) is 0.806. The summed E-state index contributed by atoms with van der Waals surface area (Å²) in [7, 11) is 0. The molecule has 3 nitrogen and oxygen atoms in total. The molecule has 2 rings (SSSR count). The predicted octanol–water partition coefficient (Wildman–Crippen LogP) is 1.82. The zero-order chi connectivity index (χ0) is 9.10. The Hall–Kier alpha value is -0.350. The Bertz CT molecular complexity index is 290. The molecule has 0 saturated carbocycles. The van der Waals surface area contributed by atoms with E-state index in [-0.39, 0.29) is 18.4 Å². The smallest absolute Gasteiger partial charge is 0.0662 e. The van der Waals surface area contributed by atoms with Crippen LogP contribution in [0.5, 0.6) is 0 Å². The minimum atomic E-state index is 0. The third-order valence-corrected chi connectivity index (χ3v) is 2.42. The van der Waals surface area contributed by atoms with Gasteiger partial charge in [-0.1, -0.05) is 11.6 Å². The Morgan fingerprint density at radius 1 is 1.57 bits per heavy atom. The molecule has 1 atom stereocenters. The highest BCUT2D eigenvalue weighted by Gasteiger charge is 2.17. The maximum Gasteiger partial charge on any atom is 0.0662 e. The topological polar surface area (TPSA) is 34.1 Å². The number of halogens is 2. The average Bonchev–Trinajstić information content (AvgIpc) is 2.20. The minimum absolute atomic E-state index is 0. The molecule has 0 bridgehead atoms. The van der Waals surface area contributed by atoms with E-state index in [4.69, 9.17) is 16.3 Å². The second-order valence-electron chi connectivity index (χ2n) is 2.98. The number of nitrogens with zero attached hydrogens (tertiary/aromatic N) is 1. The monoisotopic (exact) mass is 234 g/mol. The molecule has 0 amide bonds. The van der Waals surface area contributed by atoms with Gasteiger partial charge in [-0.2, -0.15) is 0 Å². The van der Waals surface area contributed by atoms with Crippen molar-refractivity contribution >= 4 is 24.0 Å². The Labute approximate surface area is 94.2 Å². The largest absolute Gasteiger partial charge is 0.378 e. The normalized spacial score (nSPS) is 21.4. The summed E-state index contributed by atoms with van der Waals surface area (Å²) in [5.74, 6) is 0. The van der Waals surface area contributed by atoms with Crippen molar-refractivity contribution in [3.05, 3.63) is 29.0 Å². The van der Waals surface area contributed by atoms with Crippen LogP contribution < -0.4 is 5.32 Å². The van der Waals surface area contributed by atoms with E-state index in [1.807, 2.05) is 6.07 Å². The van der Waals surface area contributed by atoms with E-state index in [9.17, 15) is 0 Å². The van der Waals surface area contributed by atoms with E-state index in [2.05, 4.69) is 10.3 Å². The SMILES string of the molecule is Cl.Clc1cnccc1[C@@H]1COCCN1. The summed E-state index contributed by atoms with van der Waals surface area (Å²) >= 11 is 6.00. The molecule has 1 aromatic rings. The highest BCUT2D eigenvalue weighted by molar-refractivity contribution is 6.31. The molecule has 1 fully saturated rings. The van der Waals surface area contributed by atoms with E-state index < -0.39 is 0 Å². The molecule has 1 aromatic heterocycles. The lowest BCUT2D eigenvalue weighted by Gasteiger charge is -2.24. The summed E-state index contributed by atoms with van der Waals surface area (Å²) in [6, 6.07) is 2.14. The Kier molecular flexibility index (Phi) is 4.62. The van der Waals surface area contributed by atoms with Gasteiger partial charge in [0.05, 0.1) is 24.3 Å². The van der Waals surface area contributed by atoms with Crippen LogP contribution in [-0.4, -0.2) is 24.7 Å². The molecule has 0 aliphatic carbocycles. The van der Waals surface area contributed by atoms with Crippen molar-refractivity contribution in [2.45, 2.75) is 6.04 Å². The molecule has 0 unspecified atom stereocenters. The summed E-state index contributed by atoms with van der Waals surface area (Å²) in [6.07, 6.45) is 3.41. The first kappa shape index (κ1) is 11.7. The summed E-state index contributed by atoms with van der Waals surface area (Å²) in [6.45, 7) is 2.34. The highest BCUT2D eigenvalue weighted by Crippen LogP contribution is 2.22. The predicted molar refractivity (Wildman–Crippen MR) is 58.1 cm³/mol. The van der Waals surface area contributed by atoms with E-state index in [0.717, 1.165) is 18.7 Å². The van der Waals surface area contributed by atoms with Crippen molar-refractivity contribution in [3.8, 4) is 0 Å². The van der Waals surface area contributed by atoms with Gasteiger partial charge in [0.1, 0.15) is 0 Å². The molecule has 1 aliphatic rings. The summed E-state index contributed by atoms with van der Waals surface area (Å²) in [5, 5.41) is 4.04. The summed E-state index contributed by atoms with van der Waals surface area (Å²) in [4.78, 5) is 3.94. The van der Waals surface area contributed by atoms with Crippen LogP contribution in [0.4, 0.5) is 0 Å². The zero-order valence-corrected chi connectivity index (χ0v) is 9.14. The summed E-state index contributed by atoms with van der Waals surface area (Å²) < 4.78 is 5.35. The van der Waals surface area contributed by atoms with Gasteiger partial charge in [-0.05, 0) is 11.6 Å². The third-order valence-electron chi connectivity index (χ3n) is 2.10. The molecule has 78 valence electrons. The number of rotatable bonds is 1. The fraction of sp³-hybridized carbons (Fsp3) is 0.444. The van der Waals surface area contributed by atoms with Crippen molar-refractivity contribution < 1.29 is 4.74 Å². The molecule has 1 aliphatic heterocycles. The van der Waals surface area contributed by atoms with Crippen molar-refractivity contribution in [2.24, 2.45) is 0 Å². The van der Waals surface area contributed by atoms with E-state index in [1.54, 1.807) is 12.4 Å². The molecular weight excluding hydrogens is 223 g/mol. The van der Waals surface area contributed by atoms with Crippen LogP contribution in [-0.2, 0) is 4.74 Å². The lowest BCUT2D eigenvalue weighted by Crippen LogP contribution is -2.34. The lowest BCUT2D eigenvalue weighted by molar-refractivity contribution is 0.0769. The standard InChI is InChI=1S/C9H11ClN2O.ClH/c10-8-5-11-2-1-7(8)9-6-13-4-3-12-9;/h1-2,5,9,12H,3-4,6H2;1H/t9-;/m0./s1. The lowest BCUT2D eigenvalue weighted by atomic mass is 10.1. The number of hydrogen-bond acceptors (Lipinski definition) is 3. The Balaban J connectivity index is 0.000000980. The van der Waals surface area contributed by atoms with Crippen LogP contribution in [0.2, 0.25) is 5.02 Å². The van der Waals surface area contributed by atoms with Crippen LogP contribution in [0.3, 0.4) is 0 Å². The van der Waals surface area contributed by atoms with E-state index in [1.165, 1.54) is 0 Å². The van der Waals surface area contributed by atoms with Crippen molar-refractivity contribution in [1.29, 1.82) is 0 Å². The molecule has 1 N–H and O–H groups in total. The first-order valence-corrected chi connectivity index (χ1v) is 4.66.